The van der Waals surface area contributed by atoms with Crippen LogP contribution in [0.15, 0.2) is 66.7 Å². The van der Waals surface area contributed by atoms with Gasteiger partial charge in [-0.2, -0.15) is 0 Å². The van der Waals surface area contributed by atoms with Gasteiger partial charge in [0.15, 0.2) is 11.5 Å². The molecule has 3 aromatic carbocycles. The number of carbonyl (C=O) groups excluding carboxylic acids is 1. The Morgan fingerprint density at radius 2 is 1.69 bits per heavy atom. The molecule has 0 radical (unpaired) electrons. The Labute approximate surface area is 175 Å². The van der Waals surface area contributed by atoms with E-state index >= 15 is 0 Å². The molecule has 0 spiro atoms. The summed E-state index contributed by atoms with van der Waals surface area (Å²) in [5, 5.41) is 3.33. The fourth-order valence-corrected chi connectivity index (χ4v) is 2.82. The van der Waals surface area contributed by atoms with Crippen molar-refractivity contribution < 1.29 is 19.0 Å². The first-order valence-electron chi connectivity index (χ1n) is 9.25. The summed E-state index contributed by atoms with van der Waals surface area (Å²) in [5.74, 6) is 2.10. The van der Waals surface area contributed by atoms with Crippen molar-refractivity contribution in [1.82, 2.24) is 0 Å². The van der Waals surface area contributed by atoms with E-state index in [4.69, 9.17) is 25.8 Å². The van der Waals surface area contributed by atoms with Crippen molar-refractivity contribution in [2.75, 3.05) is 19.0 Å². The quantitative estimate of drug-likeness (QED) is 0.480. The SMILES string of the molecule is CCCOc1ccc(Cl)cc1C(=O)Nc1ccc(Oc2ccccc2OC)cc1. The lowest BCUT2D eigenvalue weighted by atomic mass is 10.1. The smallest absolute Gasteiger partial charge is 0.259 e. The number of hydrogen-bond donors (Lipinski definition) is 1. The lowest BCUT2D eigenvalue weighted by Crippen LogP contribution is -2.14. The number of halogens is 1. The largest absolute Gasteiger partial charge is 0.493 e. The summed E-state index contributed by atoms with van der Waals surface area (Å²) in [6.45, 7) is 2.53. The van der Waals surface area contributed by atoms with Crippen LogP contribution >= 0.6 is 11.6 Å². The molecule has 5 nitrogen and oxygen atoms in total. The highest BCUT2D eigenvalue weighted by Gasteiger charge is 2.14. The first-order valence-corrected chi connectivity index (χ1v) is 9.63. The Kier molecular flexibility index (Phi) is 6.98. The van der Waals surface area contributed by atoms with Gasteiger partial charge in [-0.15, -0.1) is 0 Å². The third kappa shape index (κ3) is 5.42. The zero-order chi connectivity index (χ0) is 20.6. The van der Waals surface area contributed by atoms with E-state index in [0.717, 1.165) is 6.42 Å². The summed E-state index contributed by atoms with van der Waals surface area (Å²) < 4.78 is 16.8. The van der Waals surface area contributed by atoms with Crippen LogP contribution in [0.4, 0.5) is 5.69 Å². The van der Waals surface area contributed by atoms with E-state index in [0.29, 0.717) is 45.9 Å². The van der Waals surface area contributed by atoms with Crippen molar-refractivity contribution >= 4 is 23.2 Å². The van der Waals surface area contributed by atoms with Crippen LogP contribution in [0.25, 0.3) is 0 Å². The minimum absolute atomic E-state index is 0.294. The van der Waals surface area contributed by atoms with E-state index in [-0.39, 0.29) is 5.91 Å². The molecule has 0 atom stereocenters. The van der Waals surface area contributed by atoms with E-state index in [1.807, 2.05) is 31.2 Å². The molecule has 0 saturated heterocycles. The molecule has 0 aliphatic rings. The van der Waals surface area contributed by atoms with Gasteiger partial charge in [-0.25, -0.2) is 0 Å². The number of para-hydroxylation sites is 2. The first-order chi connectivity index (χ1) is 14.1. The molecule has 0 saturated carbocycles. The molecule has 6 heteroatoms. The predicted molar refractivity (Wildman–Crippen MR) is 115 cm³/mol. The van der Waals surface area contributed by atoms with Crippen LogP contribution in [0.2, 0.25) is 5.02 Å². The van der Waals surface area contributed by atoms with Gasteiger partial charge < -0.3 is 19.5 Å². The fourth-order valence-electron chi connectivity index (χ4n) is 2.65. The van der Waals surface area contributed by atoms with Crippen LogP contribution in [0.3, 0.4) is 0 Å². The molecule has 0 aliphatic heterocycles. The number of anilines is 1. The van der Waals surface area contributed by atoms with Crippen LogP contribution in [0, 0.1) is 0 Å². The van der Waals surface area contributed by atoms with Crippen LogP contribution < -0.4 is 19.5 Å². The standard InChI is InChI=1S/C23H22ClNO4/c1-3-14-28-20-13-8-16(24)15-19(20)23(26)25-17-9-11-18(12-10-17)29-22-7-5-4-6-21(22)27-2/h4-13,15H,3,14H2,1-2H3,(H,25,26). The van der Waals surface area contributed by atoms with Gasteiger partial charge in [0, 0.05) is 10.7 Å². The second-order valence-corrected chi connectivity index (χ2v) is 6.66. The molecular weight excluding hydrogens is 390 g/mol. The Balaban J connectivity index is 1.71. The predicted octanol–water partition coefficient (Wildman–Crippen LogP) is 6.18. The maximum absolute atomic E-state index is 12.7. The van der Waals surface area contributed by atoms with Gasteiger partial charge in [0.2, 0.25) is 0 Å². The van der Waals surface area contributed by atoms with Gasteiger partial charge in [-0.05, 0) is 61.0 Å². The Bertz CT molecular complexity index is 973. The number of benzene rings is 3. The first kappa shape index (κ1) is 20.6. The van der Waals surface area contributed by atoms with Crippen molar-refractivity contribution in [3.8, 4) is 23.0 Å². The third-order valence-corrected chi connectivity index (χ3v) is 4.29. The highest BCUT2D eigenvalue weighted by molar-refractivity contribution is 6.31. The molecule has 3 rings (SSSR count). The van der Waals surface area contributed by atoms with Crippen molar-refractivity contribution in [3.63, 3.8) is 0 Å². The second kappa shape index (κ2) is 9.85. The van der Waals surface area contributed by atoms with E-state index in [1.54, 1.807) is 49.6 Å². The summed E-state index contributed by atoms with van der Waals surface area (Å²) >= 11 is 6.06. The number of methoxy groups -OCH3 is 1. The van der Waals surface area contributed by atoms with Gasteiger partial charge >= 0.3 is 0 Å². The summed E-state index contributed by atoms with van der Waals surface area (Å²) in [6.07, 6.45) is 0.845. The zero-order valence-electron chi connectivity index (χ0n) is 16.3. The number of nitrogens with one attached hydrogen (secondary N) is 1. The Morgan fingerprint density at radius 3 is 2.38 bits per heavy atom. The lowest BCUT2D eigenvalue weighted by molar-refractivity contribution is 0.102. The molecule has 1 amide bonds. The van der Waals surface area contributed by atoms with Gasteiger partial charge in [0.05, 0.1) is 19.3 Å². The average molecular weight is 412 g/mol. The molecule has 0 heterocycles. The number of amides is 1. The number of ether oxygens (including phenoxy) is 3. The Hall–Kier alpha value is -3.18. The maximum Gasteiger partial charge on any atom is 0.259 e. The molecule has 29 heavy (non-hydrogen) atoms. The van der Waals surface area contributed by atoms with Crippen LogP contribution in [-0.4, -0.2) is 19.6 Å². The molecule has 0 aromatic heterocycles. The number of hydrogen-bond acceptors (Lipinski definition) is 4. The fraction of sp³-hybridized carbons (Fsp3) is 0.174. The molecule has 150 valence electrons. The minimum Gasteiger partial charge on any atom is -0.493 e. The maximum atomic E-state index is 12.7. The Morgan fingerprint density at radius 1 is 0.966 bits per heavy atom. The van der Waals surface area contributed by atoms with E-state index in [1.165, 1.54) is 0 Å². The zero-order valence-corrected chi connectivity index (χ0v) is 17.0. The van der Waals surface area contributed by atoms with Crippen LogP contribution in [0.1, 0.15) is 23.7 Å². The van der Waals surface area contributed by atoms with E-state index in [9.17, 15) is 4.79 Å². The normalized spacial score (nSPS) is 10.3. The van der Waals surface area contributed by atoms with Crippen molar-refractivity contribution in [2.45, 2.75) is 13.3 Å². The van der Waals surface area contributed by atoms with Gasteiger partial charge in [0.25, 0.3) is 5.91 Å². The van der Waals surface area contributed by atoms with Gasteiger partial charge in [0.1, 0.15) is 11.5 Å². The van der Waals surface area contributed by atoms with E-state index in [2.05, 4.69) is 5.32 Å². The van der Waals surface area contributed by atoms with Crippen molar-refractivity contribution in [1.29, 1.82) is 0 Å². The second-order valence-electron chi connectivity index (χ2n) is 6.22. The summed E-state index contributed by atoms with van der Waals surface area (Å²) in [7, 11) is 1.59. The molecule has 0 fully saturated rings. The highest BCUT2D eigenvalue weighted by Crippen LogP contribution is 2.31. The number of carbonyl (C=O) groups is 1. The minimum atomic E-state index is -0.294. The summed E-state index contributed by atoms with van der Waals surface area (Å²) in [4.78, 5) is 12.7. The van der Waals surface area contributed by atoms with Crippen LogP contribution in [0.5, 0.6) is 23.0 Å². The molecule has 0 unspecified atom stereocenters. The van der Waals surface area contributed by atoms with E-state index < -0.39 is 0 Å². The monoisotopic (exact) mass is 411 g/mol. The van der Waals surface area contributed by atoms with Crippen molar-refractivity contribution in [3.05, 3.63) is 77.3 Å². The van der Waals surface area contributed by atoms with Crippen LogP contribution in [-0.2, 0) is 0 Å². The lowest BCUT2D eigenvalue weighted by Gasteiger charge is -2.13. The molecule has 0 bridgehead atoms. The molecule has 1 N–H and O–H groups in total. The molecule has 3 aromatic rings. The van der Waals surface area contributed by atoms with Gasteiger partial charge in [-0.3, -0.25) is 4.79 Å². The average Bonchev–Trinajstić information content (AvgIpc) is 2.74. The molecular formula is C23H22ClNO4. The highest BCUT2D eigenvalue weighted by atomic mass is 35.5. The topological polar surface area (TPSA) is 56.8 Å². The summed E-state index contributed by atoms with van der Waals surface area (Å²) in [5.41, 5.74) is 1.02. The molecule has 0 aliphatic carbocycles. The van der Waals surface area contributed by atoms with Gasteiger partial charge in [-0.1, -0.05) is 30.7 Å². The number of rotatable bonds is 8. The summed E-state index contributed by atoms with van der Waals surface area (Å²) in [6, 6.07) is 19.5. The van der Waals surface area contributed by atoms with Crippen molar-refractivity contribution in [2.24, 2.45) is 0 Å². The third-order valence-electron chi connectivity index (χ3n) is 4.06.